The largest absolute Gasteiger partial charge is 0.351 e. The summed E-state index contributed by atoms with van der Waals surface area (Å²) in [4.78, 5) is 29.5. The third kappa shape index (κ3) is 3.86. The molecule has 3 rings (SSSR count). The summed E-state index contributed by atoms with van der Waals surface area (Å²) in [6, 6.07) is 12.4. The minimum atomic E-state index is -0.408. The van der Waals surface area contributed by atoms with Gasteiger partial charge in [0.2, 0.25) is 0 Å². The van der Waals surface area contributed by atoms with Crippen molar-refractivity contribution in [2.75, 3.05) is 12.3 Å². The highest BCUT2D eigenvalue weighted by atomic mass is 35.5. The van der Waals surface area contributed by atoms with E-state index < -0.39 is 5.91 Å². The molecule has 0 aliphatic carbocycles. The van der Waals surface area contributed by atoms with Crippen LogP contribution in [0.3, 0.4) is 0 Å². The minimum Gasteiger partial charge on any atom is -0.351 e. The maximum absolute atomic E-state index is 12.9. The second kappa shape index (κ2) is 7.72. The molecule has 2 heterocycles. The SMILES string of the molecule is O=C(NCCS)c1cc2cccnc2n(Cc2ccc(Cl)cc2)c1=O. The van der Waals surface area contributed by atoms with Crippen molar-refractivity contribution in [3.63, 3.8) is 0 Å². The van der Waals surface area contributed by atoms with Crippen molar-refractivity contribution in [3.05, 3.63) is 75.2 Å². The number of rotatable bonds is 5. The van der Waals surface area contributed by atoms with E-state index in [0.29, 0.717) is 29.5 Å². The van der Waals surface area contributed by atoms with E-state index >= 15 is 0 Å². The topological polar surface area (TPSA) is 64.0 Å². The van der Waals surface area contributed by atoms with E-state index in [9.17, 15) is 9.59 Å². The smallest absolute Gasteiger partial charge is 0.265 e. The monoisotopic (exact) mass is 373 g/mol. The Bertz CT molecular complexity index is 970. The van der Waals surface area contributed by atoms with E-state index in [2.05, 4.69) is 22.9 Å². The zero-order valence-corrected chi connectivity index (χ0v) is 14.9. The molecule has 0 aliphatic heterocycles. The average Bonchev–Trinajstić information content (AvgIpc) is 2.63. The Kier molecular flexibility index (Phi) is 5.40. The van der Waals surface area contributed by atoms with Gasteiger partial charge in [0.1, 0.15) is 11.2 Å². The van der Waals surface area contributed by atoms with Crippen LogP contribution < -0.4 is 10.9 Å². The van der Waals surface area contributed by atoms with Crippen LogP contribution in [0.4, 0.5) is 0 Å². The highest BCUT2D eigenvalue weighted by molar-refractivity contribution is 7.80. The Morgan fingerprint density at radius 3 is 2.72 bits per heavy atom. The number of aromatic nitrogens is 2. The van der Waals surface area contributed by atoms with E-state index in [1.165, 1.54) is 4.57 Å². The van der Waals surface area contributed by atoms with Crippen molar-refractivity contribution < 1.29 is 4.79 Å². The Hall–Kier alpha value is -2.31. The van der Waals surface area contributed by atoms with Gasteiger partial charge in [0, 0.05) is 28.9 Å². The number of hydrogen-bond donors (Lipinski definition) is 2. The molecule has 1 aromatic carbocycles. The third-order valence-corrected chi connectivity index (χ3v) is 4.22. The van der Waals surface area contributed by atoms with E-state index in [0.717, 1.165) is 10.9 Å². The molecule has 2 aromatic heterocycles. The predicted molar refractivity (Wildman–Crippen MR) is 103 cm³/mol. The van der Waals surface area contributed by atoms with Crippen LogP contribution in [0.15, 0.2) is 53.5 Å². The Morgan fingerprint density at radius 2 is 2.00 bits per heavy atom. The van der Waals surface area contributed by atoms with Gasteiger partial charge < -0.3 is 5.32 Å². The number of carbonyl (C=O) groups excluding carboxylic acids is 1. The molecule has 0 saturated carbocycles. The fourth-order valence-corrected chi connectivity index (χ4v) is 2.79. The molecule has 0 bridgehead atoms. The van der Waals surface area contributed by atoms with Crippen LogP contribution in [-0.2, 0) is 6.54 Å². The zero-order valence-electron chi connectivity index (χ0n) is 13.3. The van der Waals surface area contributed by atoms with Crippen molar-refractivity contribution in [3.8, 4) is 0 Å². The van der Waals surface area contributed by atoms with Crippen LogP contribution in [0.2, 0.25) is 5.02 Å². The van der Waals surface area contributed by atoms with Gasteiger partial charge in [-0.25, -0.2) is 4.98 Å². The molecular weight excluding hydrogens is 358 g/mol. The lowest BCUT2D eigenvalue weighted by atomic mass is 10.1. The number of pyridine rings is 2. The fraction of sp³-hybridized carbons (Fsp3) is 0.167. The minimum absolute atomic E-state index is 0.0937. The van der Waals surface area contributed by atoms with Crippen molar-refractivity contribution in [1.82, 2.24) is 14.9 Å². The van der Waals surface area contributed by atoms with E-state index in [4.69, 9.17) is 11.6 Å². The summed E-state index contributed by atoms with van der Waals surface area (Å²) in [5.41, 5.74) is 1.15. The lowest BCUT2D eigenvalue weighted by Gasteiger charge is -2.12. The first-order chi connectivity index (χ1) is 12.1. The number of amides is 1. The third-order valence-electron chi connectivity index (χ3n) is 3.74. The van der Waals surface area contributed by atoms with Gasteiger partial charge in [-0.15, -0.1) is 0 Å². The van der Waals surface area contributed by atoms with Crippen LogP contribution in [0.5, 0.6) is 0 Å². The average molecular weight is 374 g/mol. The Balaban J connectivity index is 2.11. The number of nitrogens with zero attached hydrogens (tertiary/aromatic N) is 2. The predicted octanol–water partition coefficient (Wildman–Crippen LogP) is 2.76. The first-order valence-electron chi connectivity index (χ1n) is 7.72. The summed E-state index contributed by atoms with van der Waals surface area (Å²) in [7, 11) is 0. The molecule has 5 nitrogen and oxygen atoms in total. The van der Waals surface area contributed by atoms with Gasteiger partial charge in [-0.2, -0.15) is 12.6 Å². The van der Waals surface area contributed by atoms with Crippen LogP contribution >= 0.6 is 24.2 Å². The molecule has 0 spiro atoms. The maximum atomic E-state index is 12.9. The number of nitrogens with one attached hydrogen (secondary N) is 1. The first-order valence-corrected chi connectivity index (χ1v) is 8.73. The number of thiol groups is 1. The van der Waals surface area contributed by atoms with Crippen molar-refractivity contribution in [2.24, 2.45) is 0 Å². The lowest BCUT2D eigenvalue weighted by molar-refractivity contribution is 0.0954. The van der Waals surface area contributed by atoms with Crippen molar-refractivity contribution >= 4 is 41.2 Å². The summed E-state index contributed by atoms with van der Waals surface area (Å²) >= 11 is 9.98. The molecule has 0 unspecified atom stereocenters. The highest BCUT2D eigenvalue weighted by Gasteiger charge is 2.16. The zero-order chi connectivity index (χ0) is 17.8. The van der Waals surface area contributed by atoms with Gasteiger partial charge in [0.15, 0.2) is 0 Å². The molecule has 0 radical (unpaired) electrons. The molecule has 1 N–H and O–H groups in total. The summed E-state index contributed by atoms with van der Waals surface area (Å²) in [5, 5.41) is 4.04. The summed E-state index contributed by atoms with van der Waals surface area (Å²) in [6.45, 7) is 0.695. The van der Waals surface area contributed by atoms with Gasteiger partial charge >= 0.3 is 0 Å². The molecule has 3 aromatic rings. The number of benzene rings is 1. The Labute approximate surface area is 155 Å². The molecule has 0 fully saturated rings. The second-order valence-electron chi connectivity index (χ2n) is 5.47. The quantitative estimate of drug-likeness (QED) is 0.676. The van der Waals surface area contributed by atoms with Crippen LogP contribution in [0.1, 0.15) is 15.9 Å². The molecule has 7 heteroatoms. The fourth-order valence-electron chi connectivity index (χ4n) is 2.55. The van der Waals surface area contributed by atoms with Crippen LogP contribution in [0, 0.1) is 0 Å². The van der Waals surface area contributed by atoms with Gasteiger partial charge in [0.25, 0.3) is 11.5 Å². The summed E-state index contributed by atoms with van der Waals surface area (Å²) in [5.74, 6) is 0.0921. The van der Waals surface area contributed by atoms with Gasteiger partial charge in [0.05, 0.1) is 6.54 Å². The van der Waals surface area contributed by atoms with Gasteiger partial charge in [-0.05, 0) is 35.9 Å². The van der Waals surface area contributed by atoms with E-state index in [1.807, 2.05) is 18.2 Å². The van der Waals surface area contributed by atoms with Crippen LogP contribution in [-0.4, -0.2) is 27.8 Å². The molecule has 0 aliphatic rings. The van der Waals surface area contributed by atoms with Crippen LogP contribution in [0.25, 0.3) is 11.0 Å². The molecule has 0 atom stereocenters. The number of carbonyl (C=O) groups is 1. The molecule has 0 saturated heterocycles. The Morgan fingerprint density at radius 1 is 1.24 bits per heavy atom. The molecule has 128 valence electrons. The number of fused-ring (bicyclic) bond motifs is 1. The number of halogens is 1. The first kappa shape index (κ1) is 17.5. The highest BCUT2D eigenvalue weighted by Crippen LogP contribution is 2.15. The summed E-state index contributed by atoms with van der Waals surface area (Å²) in [6.07, 6.45) is 1.63. The molecule has 1 amide bonds. The summed E-state index contributed by atoms with van der Waals surface area (Å²) < 4.78 is 1.51. The normalized spacial score (nSPS) is 10.8. The van der Waals surface area contributed by atoms with Gasteiger partial charge in [-0.1, -0.05) is 23.7 Å². The van der Waals surface area contributed by atoms with Gasteiger partial charge in [-0.3, -0.25) is 14.2 Å². The molecular formula is C18H16ClN3O2S. The van der Waals surface area contributed by atoms with Crippen molar-refractivity contribution in [1.29, 1.82) is 0 Å². The number of hydrogen-bond acceptors (Lipinski definition) is 4. The van der Waals surface area contributed by atoms with E-state index in [-0.39, 0.29) is 11.1 Å². The lowest BCUT2D eigenvalue weighted by Crippen LogP contribution is -2.34. The molecule has 25 heavy (non-hydrogen) atoms. The van der Waals surface area contributed by atoms with E-state index in [1.54, 1.807) is 30.5 Å². The second-order valence-corrected chi connectivity index (χ2v) is 6.36. The maximum Gasteiger partial charge on any atom is 0.265 e. The standard InChI is InChI=1S/C18H16ClN3O2S/c19-14-5-3-12(4-6-14)11-22-16-13(2-1-7-20-16)10-15(18(22)24)17(23)21-8-9-25/h1-7,10,25H,8-9,11H2,(H,21,23). The van der Waals surface area contributed by atoms with Crippen molar-refractivity contribution in [2.45, 2.75) is 6.54 Å².